The molecule has 0 aliphatic heterocycles. The second kappa shape index (κ2) is 6.43. The lowest BCUT2D eigenvalue weighted by Crippen LogP contribution is -2.31. The van der Waals surface area contributed by atoms with Crippen LogP contribution in [-0.2, 0) is 4.79 Å². The van der Waals surface area contributed by atoms with E-state index in [0.717, 1.165) is 18.0 Å². The van der Waals surface area contributed by atoms with E-state index >= 15 is 0 Å². The smallest absolute Gasteiger partial charge is 0.232 e. The van der Waals surface area contributed by atoms with Crippen LogP contribution in [0.1, 0.15) is 13.8 Å². The number of aromatic hydroxyl groups is 1. The van der Waals surface area contributed by atoms with Crippen LogP contribution < -0.4 is 0 Å². The third kappa shape index (κ3) is 3.45. The number of nitrogens with zero attached hydrogens (tertiary/aromatic N) is 1. The van der Waals surface area contributed by atoms with Gasteiger partial charge in [-0.1, -0.05) is 12.1 Å². The summed E-state index contributed by atoms with van der Waals surface area (Å²) >= 11 is 1.37. The van der Waals surface area contributed by atoms with Gasteiger partial charge in [0.1, 0.15) is 5.75 Å². The van der Waals surface area contributed by atoms with E-state index in [1.807, 2.05) is 26.0 Å². The van der Waals surface area contributed by atoms with Gasteiger partial charge in [0.15, 0.2) is 0 Å². The van der Waals surface area contributed by atoms with E-state index in [2.05, 4.69) is 0 Å². The Morgan fingerprint density at radius 3 is 2.50 bits per heavy atom. The Morgan fingerprint density at radius 2 is 1.94 bits per heavy atom. The van der Waals surface area contributed by atoms with E-state index in [1.165, 1.54) is 11.8 Å². The van der Waals surface area contributed by atoms with Gasteiger partial charge < -0.3 is 10.0 Å². The average Bonchev–Trinajstić information content (AvgIpc) is 2.29. The minimum Gasteiger partial charge on any atom is -0.507 e. The highest BCUT2D eigenvalue weighted by Gasteiger charge is 2.10. The third-order valence-electron chi connectivity index (χ3n) is 2.33. The fraction of sp³-hybridized carbons (Fsp3) is 0.417. The van der Waals surface area contributed by atoms with Crippen molar-refractivity contribution in [3.8, 4) is 5.75 Å². The predicted octanol–water partition coefficient (Wildman–Crippen LogP) is 2.35. The topological polar surface area (TPSA) is 40.5 Å². The summed E-state index contributed by atoms with van der Waals surface area (Å²) in [6.07, 6.45) is 0. The Bertz CT molecular complexity index is 351. The highest BCUT2D eigenvalue weighted by atomic mass is 32.2. The molecular formula is C12H17NO2S. The quantitative estimate of drug-likeness (QED) is 0.802. The molecule has 0 aliphatic carbocycles. The van der Waals surface area contributed by atoms with Crippen molar-refractivity contribution < 1.29 is 9.90 Å². The number of phenols is 1. The van der Waals surface area contributed by atoms with Gasteiger partial charge in [-0.05, 0) is 26.0 Å². The maximum absolute atomic E-state index is 11.7. The number of carbonyl (C=O) groups excluding carboxylic acids is 1. The van der Waals surface area contributed by atoms with E-state index in [1.54, 1.807) is 17.0 Å². The summed E-state index contributed by atoms with van der Waals surface area (Å²) in [6, 6.07) is 7.06. The molecule has 88 valence electrons. The number of amides is 1. The molecule has 0 saturated carbocycles. The molecule has 4 heteroatoms. The zero-order valence-electron chi connectivity index (χ0n) is 9.64. The molecule has 1 aromatic carbocycles. The second-order valence-electron chi connectivity index (χ2n) is 3.32. The van der Waals surface area contributed by atoms with E-state index in [4.69, 9.17) is 0 Å². The highest BCUT2D eigenvalue weighted by Crippen LogP contribution is 2.27. The molecule has 1 amide bonds. The number of phenolic OH excluding ortho intramolecular Hbond substituents is 1. The van der Waals surface area contributed by atoms with Crippen LogP contribution in [0.2, 0.25) is 0 Å². The van der Waals surface area contributed by atoms with Crippen molar-refractivity contribution in [1.82, 2.24) is 4.90 Å². The molecule has 0 spiro atoms. The lowest BCUT2D eigenvalue weighted by molar-refractivity contribution is -0.127. The van der Waals surface area contributed by atoms with Crippen molar-refractivity contribution in [3.05, 3.63) is 24.3 Å². The zero-order chi connectivity index (χ0) is 12.0. The zero-order valence-corrected chi connectivity index (χ0v) is 10.5. The lowest BCUT2D eigenvalue weighted by atomic mass is 10.3. The molecule has 0 heterocycles. The SMILES string of the molecule is CCN(CC)C(=O)CSc1ccccc1O. The van der Waals surface area contributed by atoms with Gasteiger partial charge in [-0.3, -0.25) is 4.79 Å². The van der Waals surface area contributed by atoms with Crippen LogP contribution in [0.15, 0.2) is 29.2 Å². The molecule has 0 saturated heterocycles. The standard InChI is InChI=1S/C12H17NO2S/c1-3-13(4-2)12(15)9-16-11-8-6-5-7-10(11)14/h5-8,14H,3-4,9H2,1-2H3. The maximum atomic E-state index is 11.7. The third-order valence-corrected chi connectivity index (χ3v) is 3.38. The molecule has 0 unspecified atom stereocenters. The molecule has 0 atom stereocenters. The fourth-order valence-corrected chi connectivity index (χ4v) is 2.24. The Labute approximate surface area is 100 Å². The normalized spacial score (nSPS) is 10.1. The molecule has 0 aromatic heterocycles. The number of hydrogen-bond acceptors (Lipinski definition) is 3. The Hall–Kier alpha value is -1.16. The molecule has 1 aromatic rings. The fourth-order valence-electron chi connectivity index (χ4n) is 1.39. The van der Waals surface area contributed by atoms with Gasteiger partial charge in [-0.25, -0.2) is 0 Å². The van der Waals surface area contributed by atoms with Crippen LogP contribution in [0, 0.1) is 0 Å². The summed E-state index contributed by atoms with van der Waals surface area (Å²) in [5.74, 6) is 0.720. The summed E-state index contributed by atoms with van der Waals surface area (Å²) in [5.41, 5.74) is 0. The highest BCUT2D eigenvalue weighted by molar-refractivity contribution is 8.00. The molecular weight excluding hydrogens is 222 g/mol. The largest absolute Gasteiger partial charge is 0.507 e. The van der Waals surface area contributed by atoms with Gasteiger partial charge in [0, 0.05) is 18.0 Å². The molecule has 1 N–H and O–H groups in total. The summed E-state index contributed by atoms with van der Waals surface area (Å²) in [7, 11) is 0. The minimum absolute atomic E-state index is 0.109. The first kappa shape index (κ1) is 12.9. The number of hydrogen-bond donors (Lipinski definition) is 1. The first-order valence-corrected chi connectivity index (χ1v) is 6.36. The lowest BCUT2D eigenvalue weighted by Gasteiger charge is -2.18. The van der Waals surface area contributed by atoms with Gasteiger partial charge in [-0.2, -0.15) is 0 Å². The Balaban J connectivity index is 2.52. The summed E-state index contributed by atoms with van der Waals surface area (Å²) in [6.45, 7) is 5.39. The molecule has 0 aliphatic rings. The summed E-state index contributed by atoms with van der Waals surface area (Å²) in [5, 5.41) is 9.53. The van der Waals surface area contributed by atoms with Crippen LogP contribution in [0.5, 0.6) is 5.75 Å². The van der Waals surface area contributed by atoms with E-state index < -0.39 is 0 Å². The van der Waals surface area contributed by atoms with Crippen LogP contribution in [-0.4, -0.2) is 34.8 Å². The minimum atomic E-state index is 0.109. The Morgan fingerprint density at radius 1 is 1.31 bits per heavy atom. The molecule has 16 heavy (non-hydrogen) atoms. The molecule has 0 bridgehead atoms. The molecule has 3 nitrogen and oxygen atoms in total. The van der Waals surface area contributed by atoms with E-state index in [9.17, 15) is 9.90 Å². The number of rotatable bonds is 5. The van der Waals surface area contributed by atoms with Crippen LogP contribution in [0.4, 0.5) is 0 Å². The first-order valence-electron chi connectivity index (χ1n) is 5.37. The maximum Gasteiger partial charge on any atom is 0.232 e. The van der Waals surface area contributed by atoms with Crippen LogP contribution >= 0.6 is 11.8 Å². The first-order chi connectivity index (χ1) is 7.69. The van der Waals surface area contributed by atoms with Crippen LogP contribution in [0.25, 0.3) is 0 Å². The number of para-hydroxylation sites is 1. The van der Waals surface area contributed by atoms with Crippen molar-refractivity contribution in [1.29, 1.82) is 0 Å². The van der Waals surface area contributed by atoms with Crippen molar-refractivity contribution in [2.24, 2.45) is 0 Å². The van der Waals surface area contributed by atoms with Crippen molar-refractivity contribution in [2.75, 3.05) is 18.8 Å². The summed E-state index contributed by atoms with van der Waals surface area (Å²) < 4.78 is 0. The molecule has 0 fully saturated rings. The Kier molecular flexibility index (Phi) is 5.19. The number of carbonyl (C=O) groups is 1. The summed E-state index contributed by atoms with van der Waals surface area (Å²) in [4.78, 5) is 14.3. The molecule has 0 radical (unpaired) electrons. The number of benzene rings is 1. The van der Waals surface area contributed by atoms with Crippen molar-refractivity contribution in [3.63, 3.8) is 0 Å². The average molecular weight is 239 g/mol. The predicted molar refractivity (Wildman–Crippen MR) is 66.8 cm³/mol. The van der Waals surface area contributed by atoms with Gasteiger partial charge in [0.2, 0.25) is 5.91 Å². The monoisotopic (exact) mass is 239 g/mol. The van der Waals surface area contributed by atoms with Gasteiger partial charge in [0.05, 0.1) is 5.75 Å². The molecule has 1 rings (SSSR count). The van der Waals surface area contributed by atoms with Crippen molar-refractivity contribution >= 4 is 17.7 Å². The van der Waals surface area contributed by atoms with E-state index in [-0.39, 0.29) is 11.7 Å². The second-order valence-corrected chi connectivity index (χ2v) is 4.34. The van der Waals surface area contributed by atoms with Gasteiger partial charge in [0.25, 0.3) is 0 Å². The van der Waals surface area contributed by atoms with Crippen molar-refractivity contribution in [2.45, 2.75) is 18.7 Å². The number of thioether (sulfide) groups is 1. The van der Waals surface area contributed by atoms with Gasteiger partial charge in [-0.15, -0.1) is 11.8 Å². The van der Waals surface area contributed by atoms with Crippen LogP contribution in [0.3, 0.4) is 0 Å². The van der Waals surface area contributed by atoms with Gasteiger partial charge >= 0.3 is 0 Å². The van der Waals surface area contributed by atoms with E-state index in [0.29, 0.717) is 5.75 Å².